The van der Waals surface area contributed by atoms with Gasteiger partial charge in [0.2, 0.25) is 5.91 Å². The number of nitrogens with zero attached hydrogens (tertiary/aromatic N) is 2. The largest absolute Gasteiger partial charge is 0.381 e. The van der Waals surface area contributed by atoms with Crippen LogP contribution >= 0.6 is 11.3 Å². The Morgan fingerprint density at radius 2 is 1.88 bits per heavy atom. The molecular weight excluding hydrogens is 326 g/mol. The highest BCUT2D eigenvalue weighted by Gasteiger charge is 2.30. The lowest BCUT2D eigenvalue weighted by Gasteiger charge is -2.27. The average molecular weight is 351 g/mol. The van der Waals surface area contributed by atoms with Crippen LogP contribution in [0.3, 0.4) is 0 Å². The third kappa shape index (κ3) is 3.58. The Bertz CT molecular complexity index is 580. The van der Waals surface area contributed by atoms with Crippen molar-refractivity contribution in [2.24, 2.45) is 5.92 Å². The SMILES string of the molecule is O=C(NC1CCOCC1)C1CCc2sc(N3CCOCC3)nc2C1. The first-order valence-electron chi connectivity index (χ1n) is 8.99. The molecule has 2 saturated heterocycles. The summed E-state index contributed by atoms with van der Waals surface area (Å²) in [6, 6.07) is 0.284. The lowest BCUT2D eigenvalue weighted by molar-refractivity contribution is -0.126. The molecule has 4 rings (SSSR count). The zero-order chi connectivity index (χ0) is 16.4. The second kappa shape index (κ2) is 7.37. The van der Waals surface area contributed by atoms with E-state index in [2.05, 4.69) is 10.2 Å². The van der Waals surface area contributed by atoms with Crippen LogP contribution in [0.5, 0.6) is 0 Å². The molecule has 3 heterocycles. The molecule has 1 aromatic rings. The van der Waals surface area contributed by atoms with Gasteiger partial charge in [-0.15, -0.1) is 11.3 Å². The predicted molar refractivity (Wildman–Crippen MR) is 92.6 cm³/mol. The number of morpholine rings is 1. The van der Waals surface area contributed by atoms with E-state index in [1.54, 1.807) is 11.3 Å². The van der Waals surface area contributed by atoms with Crippen LogP contribution in [0.25, 0.3) is 0 Å². The first kappa shape index (κ1) is 16.3. The summed E-state index contributed by atoms with van der Waals surface area (Å²) in [4.78, 5) is 21.1. The second-order valence-corrected chi connectivity index (χ2v) is 7.86. The lowest BCUT2D eigenvalue weighted by atomic mass is 9.90. The monoisotopic (exact) mass is 351 g/mol. The molecule has 1 amide bonds. The molecule has 0 radical (unpaired) electrons. The van der Waals surface area contributed by atoms with Crippen molar-refractivity contribution in [1.82, 2.24) is 10.3 Å². The highest BCUT2D eigenvalue weighted by molar-refractivity contribution is 7.15. The number of aromatic nitrogens is 1. The molecule has 1 N–H and O–H groups in total. The van der Waals surface area contributed by atoms with Gasteiger partial charge >= 0.3 is 0 Å². The fraction of sp³-hybridized carbons (Fsp3) is 0.765. The summed E-state index contributed by atoms with van der Waals surface area (Å²) in [7, 11) is 0. The van der Waals surface area contributed by atoms with Crippen molar-refractivity contribution < 1.29 is 14.3 Å². The molecule has 0 bridgehead atoms. The summed E-state index contributed by atoms with van der Waals surface area (Å²) in [6.45, 7) is 4.91. The fourth-order valence-electron chi connectivity index (χ4n) is 3.64. The molecule has 132 valence electrons. The third-order valence-corrected chi connectivity index (χ3v) is 6.36. The Balaban J connectivity index is 1.38. The van der Waals surface area contributed by atoms with Gasteiger partial charge in [0.15, 0.2) is 5.13 Å². The predicted octanol–water partition coefficient (Wildman–Crippen LogP) is 1.38. The normalized spacial score (nSPS) is 25.3. The van der Waals surface area contributed by atoms with Crippen molar-refractivity contribution in [3.05, 3.63) is 10.6 Å². The Morgan fingerprint density at radius 3 is 2.67 bits per heavy atom. The topological polar surface area (TPSA) is 63.7 Å². The summed E-state index contributed by atoms with van der Waals surface area (Å²) in [5.74, 6) is 0.272. The van der Waals surface area contributed by atoms with Gasteiger partial charge in [-0.05, 0) is 25.7 Å². The van der Waals surface area contributed by atoms with E-state index in [1.165, 1.54) is 4.88 Å². The second-order valence-electron chi connectivity index (χ2n) is 6.80. The highest BCUT2D eigenvalue weighted by Crippen LogP contribution is 2.34. The highest BCUT2D eigenvalue weighted by atomic mass is 32.1. The minimum Gasteiger partial charge on any atom is -0.381 e. The number of rotatable bonds is 3. The first-order chi connectivity index (χ1) is 11.8. The summed E-state index contributed by atoms with van der Waals surface area (Å²) >= 11 is 1.80. The van der Waals surface area contributed by atoms with Crippen molar-refractivity contribution in [3.63, 3.8) is 0 Å². The summed E-state index contributed by atoms with van der Waals surface area (Å²) in [5.41, 5.74) is 1.14. The number of nitrogens with one attached hydrogen (secondary N) is 1. The number of aryl methyl sites for hydroxylation is 1. The molecule has 1 unspecified atom stereocenters. The Kier molecular flexibility index (Phi) is 5.01. The van der Waals surface area contributed by atoms with Gasteiger partial charge in [-0.2, -0.15) is 0 Å². The smallest absolute Gasteiger partial charge is 0.223 e. The molecule has 3 aliphatic rings. The quantitative estimate of drug-likeness (QED) is 0.891. The first-order valence-corrected chi connectivity index (χ1v) is 9.80. The number of carbonyl (C=O) groups is 1. The molecule has 7 heteroatoms. The molecule has 2 aliphatic heterocycles. The van der Waals surface area contributed by atoms with Crippen molar-refractivity contribution >= 4 is 22.4 Å². The summed E-state index contributed by atoms with van der Waals surface area (Å²) < 4.78 is 10.8. The number of thiazole rings is 1. The number of anilines is 1. The van der Waals surface area contributed by atoms with Crippen molar-refractivity contribution in [1.29, 1.82) is 0 Å². The van der Waals surface area contributed by atoms with Crippen LogP contribution < -0.4 is 10.2 Å². The molecule has 2 fully saturated rings. The van der Waals surface area contributed by atoms with Crippen LogP contribution in [0.1, 0.15) is 29.8 Å². The minimum absolute atomic E-state index is 0.0694. The van der Waals surface area contributed by atoms with Gasteiger partial charge in [-0.1, -0.05) is 0 Å². The summed E-state index contributed by atoms with van der Waals surface area (Å²) in [6.07, 6.45) is 4.56. The van der Waals surface area contributed by atoms with E-state index in [9.17, 15) is 4.79 Å². The van der Waals surface area contributed by atoms with Crippen molar-refractivity contribution in [2.75, 3.05) is 44.4 Å². The maximum absolute atomic E-state index is 12.6. The van der Waals surface area contributed by atoms with Crippen LogP contribution in [0.2, 0.25) is 0 Å². The zero-order valence-electron chi connectivity index (χ0n) is 14.0. The Morgan fingerprint density at radius 1 is 1.12 bits per heavy atom. The minimum atomic E-state index is 0.0694. The number of fused-ring (bicyclic) bond motifs is 1. The molecule has 0 aromatic carbocycles. The van der Waals surface area contributed by atoms with E-state index in [1.807, 2.05) is 0 Å². The number of carbonyl (C=O) groups excluding carboxylic acids is 1. The zero-order valence-corrected chi connectivity index (χ0v) is 14.8. The van der Waals surface area contributed by atoms with Gasteiger partial charge in [0, 0.05) is 49.6 Å². The molecule has 0 saturated carbocycles. The average Bonchev–Trinajstić information content (AvgIpc) is 3.06. The van der Waals surface area contributed by atoms with Crippen LogP contribution in [0, 0.1) is 5.92 Å². The molecule has 6 nitrogen and oxygen atoms in total. The van der Waals surface area contributed by atoms with Crippen LogP contribution in [-0.2, 0) is 27.1 Å². The molecule has 0 spiro atoms. The van der Waals surface area contributed by atoms with Gasteiger partial charge in [-0.25, -0.2) is 4.98 Å². The molecular formula is C17H25N3O3S. The fourth-order valence-corrected chi connectivity index (χ4v) is 4.79. The Hall–Kier alpha value is -1.18. The van der Waals surface area contributed by atoms with E-state index in [4.69, 9.17) is 14.5 Å². The van der Waals surface area contributed by atoms with E-state index in [0.717, 1.165) is 82.4 Å². The number of amides is 1. The maximum Gasteiger partial charge on any atom is 0.223 e. The van der Waals surface area contributed by atoms with Gasteiger partial charge in [0.1, 0.15) is 0 Å². The van der Waals surface area contributed by atoms with Crippen LogP contribution in [-0.4, -0.2) is 56.5 Å². The van der Waals surface area contributed by atoms with Gasteiger partial charge in [-0.3, -0.25) is 4.79 Å². The van der Waals surface area contributed by atoms with Gasteiger partial charge in [0.25, 0.3) is 0 Å². The summed E-state index contributed by atoms with van der Waals surface area (Å²) in [5, 5.41) is 4.32. The standard InChI is InChI=1S/C17H25N3O3S/c21-16(18-13-3-7-22-8-4-13)12-1-2-15-14(11-12)19-17(24-15)20-5-9-23-10-6-20/h12-13H,1-11H2,(H,18,21). The van der Waals surface area contributed by atoms with Crippen LogP contribution in [0.4, 0.5) is 5.13 Å². The van der Waals surface area contributed by atoms with Gasteiger partial charge in [0.05, 0.1) is 18.9 Å². The van der Waals surface area contributed by atoms with Crippen LogP contribution in [0.15, 0.2) is 0 Å². The third-order valence-electron chi connectivity index (χ3n) is 5.15. The Labute approximate surface area is 146 Å². The van der Waals surface area contributed by atoms with E-state index >= 15 is 0 Å². The molecule has 1 aromatic heterocycles. The molecule has 1 aliphatic carbocycles. The van der Waals surface area contributed by atoms with E-state index in [0.29, 0.717) is 0 Å². The van der Waals surface area contributed by atoms with Crippen molar-refractivity contribution in [3.8, 4) is 0 Å². The van der Waals surface area contributed by atoms with E-state index in [-0.39, 0.29) is 17.9 Å². The van der Waals surface area contributed by atoms with Crippen molar-refractivity contribution in [2.45, 2.75) is 38.1 Å². The maximum atomic E-state index is 12.6. The number of hydrogen-bond acceptors (Lipinski definition) is 6. The molecule has 1 atom stereocenters. The number of ether oxygens (including phenoxy) is 2. The lowest BCUT2D eigenvalue weighted by Crippen LogP contribution is -2.43. The van der Waals surface area contributed by atoms with Gasteiger partial charge < -0.3 is 19.7 Å². The molecule has 24 heavy (non-hydrogen) atoms. The van der Waals surface area contributed by atoms with E-state index < -0.39 is 0 Å². The number of hydrogen-bond donors (Lipinski definition) is 1.